The van der Waals surface area contributed by atoms with Gasteiger partial charge in [-0.15, -0.1) is 0 Å². The average molecular weight is 342 g/mol. The topological polar surface area (TPSA) is 35.5 Å². The maximum absolute atomic E-state index is 12.3. The van der Waals surface area contributed by atoms with Crippen LogP contribution in [0.4, 0.5) is 0 Å². The minimum atomic E-state index is -3.04. The zero-order valence-corrected chi connectivity index (χ0v) is 13.0. The van der Waals surface area contributed by atoms with Crippen molar-refractivity contribution in [1.82, 2.24) is 0 Å². The lowest BCUT2D eigenvalue weighted by Crippen LogP contribution is -1.99. The van der Waals surface area contributed by atoms with Crippen molar-refractivity contribution in [1.29, 1.82) is 0 Å². The summed E-state index contributed by atoms with van der Waals surface area (Å²) in [7, 11) is -3.04. The Balaban J connectivity index is 2.86. The van der Waals surface area contributed by atoms with Gasteiger partial charge in [0.2, 0.25) is 0 Å². The number of benzene rings is 1. The van der Waals surface area contributed by atoms with Gasteiger partial charge in [-0.3, -0.25) is 4.57 Å². The molecule has 17 heavy (non-hydrogen) atoms. The molecule has 96 valence electrons. The Kier molecular flexibility index (Phi) is 6.18. The molecule has 0 radical (unpaired) electrons. The monoisotopic (exact) mass is 340 g/mol. The zero-order chi connectivity index (χ0) is 12.9. The molecule has 1 aromatic carbocycles. The largest absolute Gasteiger partial charge is 0.335 e. The maximum Gasteiger partial charge on any atom is 0.335 e. The van der Waals surface area contributed by atoms with E-state index in [9.17, 15) is 4.57 Å². The Labute approximate surface area is 115 Å². The summed E-state index contributed by atoms with van der Waals surface area (Å²) in [5, 5.41) is 0.622. The molecule has 0 aliphatic rings. The van der Waals surface area contributed by atoms with Crippen LogP contribution in [0.3, 0.4) is 0 Å². The highest BCUT2D eigenvalue weighted by Gasteiger charge is 2.24. The predicted molar refractivity (Wildman–Crippen MR) is 73.7 cm³/mol. The molecule has 6 heteroatoms. The molecule has 0 bridgehead atoms. The summed E-state index contributed by atoms with van der Waals surface area (Å²) in [6.45, 7) is 4.32. The van der Waals surface area contributed by atoms with Crippen LogP contribution in [0.5, 0.6) is 0 Å². The second-order valence-electron chi connectivity index (χ2n) is 3.35. The minimum absolute atomic E-state index is 0.254. The van der Waals surface area contributed by atoms with Crippen molar-refractivity contribution in [3.8, 4) is 0 Å². The fourth-order valence-electron chi connectivity index (χ4n) is 1.38. The van der Waals surface area contributed by atoms with Crippen molar-refractivity contribution in [2.75, 3.05) is 13.2 Å². The third-order valence-corrected chi connectivity index (χ3v) is 5.28. The summed E-state index contributed by atoms with van der Waals surface area (Å²) < 4.78 is 23.5. The number of halogens is 2. The Morgan fingerprint density at radius 1 is 1.29 bits per heavy atom. The minimum Gasteiger partial charge on any atom is -0.309 e. The van der Waals surface area contributed by atoms with Gasteiger partial charge in [-0.05, 0) is 47.5 Å². The van der Waals surface area contributed by atoms with Crippen molar-refractivity contribution >= 4 is 35.1 Å². The number of hydrogen-bond donors (Lipinski definition) is 0. The molecule has 0 spiro atoms. The van der Waals surface area contributed by atoms with Crippen molar-refractivity contribution in [2.24, 2.45) is 0 Å². The Morgan fingerprint density at radius 2 is 1.88 bits per heavy atom. The molecular weight excluding hydrogens is 326 g/mol. The summed E-state index contributed by atoms with van der Waals surface area (Å²) in [4.78, 5) is 0. The van der Waals surface area contributed by atoms with Crippen LogP contribution in [0, 0.1) is 0 Å². The first-order valence-electron chi connectivity index (χ1n) is 5.33. The van der Waals surface area contributed by atoms with Crippen molar-refractivity contribution in [3.05, 3.63) is 33.3 Å². The first-order valence-corrected chi connectivity index (χ1v) is 8.22. The Bertz CT molecular complexity index is 415. The van der Waals surface area contributed by atoms with Gasteiger partial charge in [0, 0.05) is 4.47 Å². The Morgan fingerprint density at radius 3 is 2.35 bits per heavy atom. The van der Waals surface area contributed by atoms with Crippen LogP contribution in [-0.2, 0) is 19.8 Å². The maximum atomic E-state index is 12.3. The van der Waals surface area contributed by atoms with Gasteiger partial charge in [0.15, 0.2) is 0 Å². The van der Waals surface area contributed by atoms with E-state index in [4.69, 9.17) is 20.6 Å². The van der Waals surface area contributed by atoms with Gasteiger partial charge in [-0.1, -0.05) is 17.7 Å². The second-order valence-corrected chi connectivity index (χ2v) is 6.67. The third kappa shape index (κ3) is 4.72. The first-order chi connectivity index (χ1) is 8.00. The van der Waals surface area contributed by atoms with Gasteiger partial charge < -0.3 is 9.05 Å². The SMILES string of the molecule is CCOP(=O)(Cc1ccc(Cl)c(Br)c1)OCC. The number of hydrogen-bond acceptors (Lipinski definition) is 3. The molecule has 3 nitrogen and oxygen atoms in total. The van der Waals surface area contributed by atoms with Gasteiger partial charge in [0.25, 0.3) is 0 Å². The summed E-state index contributed by atoms with van der Waals surface area (Å²) in [5.41, 5.74) is 0.867. The van der Waals surface area contributed by atoms with Gasteiger partial charge >= 0.3 is 7.60 Å². The molecule has 0 N–H and O–H groups in total. The summed E-state index contributed by atoms with van der Waals surface area (Å²) in [5.74, 6) is 0. The molecule has 0 amide bonds. The number of rotatable bonds is 6. The fraction of sp³-hybridized carbons (Fsp3) is 0.455. The van der Waals surface area contributed by atoms with Crippen LogP contribution in [0.25, 0.3) is 0 Å². The van der Waals surface area contributed by atoms with Crippen LogP contribution in [0.2, 0.25) is 5.02 Å². The zero-order valence-electron chi connectivity index (χ0n) is 9.78. The van der Waals surface area contributed by atoms with Gasteiger partial charge in [-0.2, -0.15) is 0 Å². The van der Waals surface area contributed by atoms with E-state index in [2.05, 4.69) is 15.9 Å². The first kappa shape index (κ1) is 15.2. The molecule has 0 unspecified atom stereocenters. The molecule has 0 saturated carbocycles. The van der Waals surface area contributed by atoms with E-state index in [0.717, 1.165) is 10.0 Å². The van der Waals surface area contributed by atoms with E-state index in [0.29, 0.717) is 18.2 Å². The van der Waals surface area contributed by atoms with Crippen molar-refractivity contribution in [2.45, 2.75) is 20.0 Å². The third-order valence-electron chi connectivity index (χ3n) is 2.01. The van der Waals surface area contributed by atoms with Crippen LogP contribution in [0.15, 0.2) is 22.7 Å². The molecule has 0 saturated heterocycles. The molecule has 0 aliphatic heterocycles. The van der Waals surface area contributed by atoms with E-state index in [1.54, 1.807) is 19.9 Å². The van der Waals surface area contributed by atoms with Crippen LogP contribution in [0.1, 0.15) is 19.4 Å². The van der Waals surface area contributed by atoms with Gasteiger partial charge in [0.05, 0.1) is 24.4 Å². The quantitative estimate of drug-likeness (QED) is 0.693. The summed E-state index contributed by atoms with van der Waals surface area (Å²) >= 11 is 9.22. The van der Waals surface area contributed by atoms with Crippen molar-refractivity contribution < 1.29 is 13.6 Å². The lowest BCUT2D eigenvalue weighted by Gasteiger charge is -2.17. The molecule has 0 aromatic heterocycles. The fourth-order valence-corrected chi connectivity index (χ4v) is 3.62. The van der Waals surface area contributed by atoms with Crippen LogP contribution < -0.4 is 0 Å². The summed E-state index contributed by atoms with van der Waals surface area (Å²) in [6, 6.07) is 5.40. The molecule has 0 fully saturated rings. The van der Waals surface area contributed by atoms with Crippen LogP contribution in [-0.4, -0.2) is 13.2 Å². The molecular formula is C11H15BrClO3P. The van der Waals surface area contributed by atoms with E-state index < -0.39 is 7.60 Å². The molecule has 0 aliphatic carbocycles. The predicted octanol–water partition coefficient (Wildman–Crippen LogP) is 4.87. The second kappa shape index (κ2) is 6.91. The smallest absolute Gasteiger partial charge is 0.309 e. The standard InChI is InChI=1S/C11H15BrClO3P/c1-3-15-17(14,16-4-2)8-9-5-6-11(13)10(12)7-9/h5-7H,3-4,8H2,1-2H3. The van der Waals surface area contributed by atoms with Crippen molar-refractivity contribution in [3.63, 3.8) is 0 Å². The summed E-state index contributed by atoms with van der Waals surface area (Å²) in [6.07, 6.45) is 0.254. The molecule has 1 rings (SSSR count). The highest BCUT2D eigenvalue weighted by molar-refractivity contribution is 9.10. The van der Waals surface area contributed by atoms with E-state index in [1.165, 1.54) is 0 Å². The molecule has 0 atom stereocenters. The average Bonchev–Trinajstić information content (AvgIpc) is 2.24. The van der Waals surface area contributed by atoms with Gasteiger partial charge in [-0.25, -0.2) is 0 Å². The van der Waals surface area contributed by atoms with E-state index in [-0.39, 0.29) is 6.16 Å². The molecule has 1 aromatic rings. The molecule has 0 heterocycles. The Hall–Kier alpha value is 0.140. The van der Waals surface area contributed by atoms with E-state index in [1.807, 2.05) is 12.1 Å². The highest BCUT2D eigenvalue weighted by Crippen LogP contribution is 2.51. The van der Waals surface area contributed by atoms with Gasteiger partial charge in [0.1, 0.15) is 0 Å². The lowest BCUT2D eigenvalue weighted by molar-refractivity contribution is 0.219. The highest BCUT2D eigenvalue weighted by atomic mass is 79.9. The lowest BCUT2D eigenvalue weighted by atomic mass is 10.2. The van der Waals surface area contributed by atoms with E-state index >= 15 is 0 Å². The van der Waals surface area contributed by atoms with Crippen LogP contribution >= 0.6 is 35.1 Å². The normalized spacial score (nSPS) is 11.8.